The lowest BCUT2D eigenvalue weighted by Crippen LogP contribution is -2.15. The number of rotatable bonds is 5. The predicted octanol–water partition coefficient (Wildman–Crippen LogP) is 4.24. The van der Waals surface area contributed by atoms with Gasteiger partial charge in [0, 0.05) is 6.61 Å². The number of nitrogens with zero attached hydrogens (tertiary/aromatic N) is 2. The van der Waals surface area contributed by atoms with Gasteiger partial charge in [-0.15, -0.1) is 11.6 Å². The van der Waals surface area contributed by atoms with Gasteiger partial charge in [0.15, 0.2) is 0 Å². The Bertz CT molecular complexity index is 563. The first-order valence-electron chi connectivity index (χ1n) is 6.75. The summed E-state index contributed by atoms with van der Waals surface area (Å²) in [6, 6.07) is 6.40. The number of benzene rings is 1. The van der Waals surface area contributed by atoms with Gasteiger partial charge in [0.25, 0.3) is 0 Å². The smallest absolute Gasteiger partial charge is 0.128 e. The lowest BCUT2D eigenvalue weighted by Gasteiger charge is -2.19. The summed E-state index contributed by atoms with van der Waals surface area (Å²) in [6.07, 6.45) is 0. The van der Waals surface area contributed by atoms with Gasteiger partial charge in [-0.2, -0.15) is 0 Å². The second-order valence-electron chi connectivity index (χ2n) is 4.91. The Balaban J connectivity index is 2.57. The van der Waals surface area contributed by atoms with Crippen LogP contribution in [0.15, 0.2) is 18.2 Å². The van der Waals surface area contributed by atoms with Gasteiger partial charge < -0.3 is 9.30 Å². The average Bonchev–Trinajstić information content (AvgIpc) is 2.77. The number of ether oxygens (including phenoxy) is 1. The number of imidazole rings is 1. The molecule has 2 rings (SSSR count). The van der Waals surface area contributed by atoms with Crippen molar-refractivity contribution in [2.75, 3.05) is 13.2 Å². The molecule has 0 amide bonds. The zero-order valence-electron chi connectivity index (χ0n) is 12.0. The summed E-state index contributed by atoms with van der Waals surface area (Å²) in [5, 5.41) is -0.115. The molecule has 2 aromatic rings. The molecule has 0 spiro atoms. The van der Waals surface area contributed by atoms with E-state index in [0.717, 1.165) is 23.5 Å². The number of para-hydroxylation sites is 1. The Labute approximate surface area is 119 Å². The molecule has 104 valence electrons. The van der Waals surface area contributed by atoms with Crippen LogP contribution in [0.5, 0.6) is 0 Å². The van der Waals surface area contributed by atoms with Gasteiger partial charge in [0.2, 0.25) is 0 Å². The molecular formula is C15H21ClN2O. The highest BCUT2D eigenvalue weighted by molar-refractivity contribution is 6.20. The normalized spacial score (nSPS) is 14.8. The van der Waals surface area contributed by atoms with Crippen molar-refractivity contribution in [3.8, 4) is 0 Å². The van der Waals surface area contributed by atoms with Gasteiger partial charge in [0.1, 0.15) is 5.82 Å². The number of hydrogen-bond donors (Lipinski definition) is 0. The summed E-state index contributed by atoms with van der Waals surface area (Å²) >= 11 is 6.29. The molecule has 19 heavy (non-hydrogen) atoms. The molecule has 0 saturated carbocycles. The number of fused-ring (bicyclic) bond motifs is 1. The highest BCUT2D eigenvalue weighted by atomic mass is 35.5. The maximum absolute atomic E-state index is 6.29. The summed E-state index contributed by atoms with van der Waals surface area (Å²) in [4.78, 5) is 4.68. The molecular weight excluding hydrogens is 260 g/mol. The highest BCUT2D eigenvalue weighted by Crippen LogP contribution is 2.29. The molecule has 2 unspecified atom stereocenters. The molecule has 1 aromatic heterocycles. The third-order valence-electron chi connectivity index (χ3n) is 3.30. The molecule has 0 bridgehead atoms. The fraction of sp³-hybridized carbons (Fsp3) is 0.533. The standard InChI is InChI=1S/C15H21ClN2O/c1-5-19-9-11(3)18-14-10(2)7-6-8-13(14)17-15(18)12(4)16/h6-8,11-12H,5,9H2,1-4H3. The molecule has 0 N–H and O–H groups in total. The molecule has 4 heteroatoms. The maximum atomic E-state index is 6.29. The van der Waals surface area contributed by atoms with E-state index in [-0.39, 0.29) is 11.4 Å². The Morgan fingerprint density at radius 1 is 1.37 bits per heavy atom. The monoisotopic (exact) mass is 280 g/mol. The Morgan fingerprint density at radius 2 is 2.11 bits per heavy atom. The third kappa shape index (κ3) is 2.77. The molecule has 0 radical (unpaired) electrons. The Kier molecular flexibility index (Phi) is 4.48. The van der Waals surface area contributed by atoms with E-state index < -0.39 is 0 Å². The molecule has 0 saturated heterocycles. The topological polar surface area (TPSA) is 27.1 Å². The third-order valence-corrected chi connectivity index (χ3v) is 3.49. The van der Waals surface area contributed by atoms with Crippen molar-refractivity contribution in [3.05, 3.63) is 29.6 Å². The largest absolute Gasteiger partial charge is 0.380 e. The van der Waals surface area contributed by atoms with Gasteiger partial charge in [-0.3, -0.25) is 0 Å². The van der Waals surface area contributed by atoms with Gasteiger partial charge in [-0.1, -0.05) is 12.1 Å². The van der Waals surface area contributed by atoms with Gasteiger partial charge in [-0.05, 0) is 39.3 Å². The quantitative estimate of drug-likeness (QED) is 0.766. The van der Waals surface area contributed by atoms with Crippen LogP contribution in [0.25, 0.3) is 11.0 Å². The lowest BCUT2D eigenvalue weighted by molar-refractivity contribution is 0.119. The first kappa shape index (κ1) is 14.4. The van der Waals surface area contributed by atoms with Crippen LogP contribution in [-0.4, -0.2) is 22.8 Å². The maximum Gasteiger partial charge on any atom is 0.128 e. The van der Waals surface area contributed by atoms with E-state index >= 15 is 0 Å². The minimum atomic E-state index is -0.115. The van der Waals surface area contributed by atoms with E-state index in [4.69, 9.17) is 16.3 Å². The van der Waals surface area contributed by atoms with Crippen LogP contribution in [0.2, 0.25) is 0 Å². The first-order valence-corrected chi connectivity index (χ1v) is 7.19. The molecule has 1 heterocycles. The van der Waals surface area contributed by atoms with E-state index in [2.05, 4.69) is 29.5 Å². The zero-order valence-corrected chi connectivity index (χ0v) is 12.7. The van der Waals surface area contributed by atoms with Crippen molar-refractivity contribution >= 4 is 22.6 Å². The van der Waals surface area contributed by atoms with E-state index in [0.29, 0.717) is 6.61 Å². The van der Waals surface area contributed by atoms with Crippen LogP contribution in [-0.2, 0) is 4.74 Å². The summed E-state index contributed by atoms with van der Waals surface area (Å²) in [7, 11) is 0. The van der Waals surface area contributed by atoms with Gasteiger partial charge >= 0.3 is 0 Å². The Hall–Kier alpha value is -1.06. The second-order valence-corrected chi connectivity index (χ2v) is 5.56. The SMILES string of the molecule is CCOCC(C)n1c(C(C)Cl)nc2cccc(C)c21. The molecule has 3 nitrogen and oxygen atoms in total. The summed E-state index contributed by atoms with van der Waals surface area (Å²) in [6.45, 7) is 9.62. The number of hydrogen-bond acceptors (Lipinski definition) is 2. The van der Waals surface area contributed by atoms with Crippen molar-refractivity contribution < 1.29 is 4.74 Å². The molecule has 2 atom stereocenters. The van der Waals surface area contributed by atoms with Crippen molar-refractivity contribution in [3.63, 3.8) is 0 Å². The van der Waals surface area contributed by atoms with Crippen molar-refractivity contribution in [2.24, 2.45) is 0 Å². The number of halogens is 1. The lowest BCUT2D eigenvalue weighted by atomic mass is 10.2. The number of alkyl halides is 1. The number of aryl methyl sites for hydroxylation is 1. The van der Waals surface area contributed by atoms with Crippen molar-refractivity contribution in [1.29, 1.82) is 0 Å². The summed E-state index contributed by atoms with van der Waals surface area (Å²) in [5.74, 6) is 0.915. The fourth-order valence-corrected chi connectivity index (χ4v) is 2.58. The predicted molar refractivity (Wildman–Crippen MR) is 79.9 cm³/mol. The molecule has 0 fully saturated rings. The minimum absolute atomic E-state index is 0.115. The van der Waals surface area contributed by atoms with Crippen LogP contribution in [0.3, 0.4) is 0 Å². The minimum Gasteiger partial charge on any atom is -0.380 e. The van der Waals surface area contributed by atoms with Crippen LogP contribution in [0.1, 0.15) is 43.6 Å². The van der Waals surface area contributed by atoms with Crippen molar-refractivity contribution in [1.82, 2.24) is 9.55 Å². The second kappa shape index (κ2) is 5.93. The molecule has 0 aliphatic heterocycles. The molecule has 0 aliphatic carbocycles. The van der Waals surface area contributed by atoms with Crippen LogP contribution in [0, 0.1) is 6.92 Å². The van der Waals surface area contributed by atoms with Crippen LogP contribution in [0.4, 0.5) is 0 Å². The first-order chi connectivity index (χ1) is 9.06. The van der Waals surface area contributed by atoms with E-state index in [9.17, 15) is 0 Å². The van der Waals surface area contributed by atoms with Gasteiger partial charge in [-0.25, -0.2) is 4.98 Å². The number of aromatic nitrogens is 2. The van der Waals surface area contributed by atoms with E-state index in [1.54, 1.807) is 0 Å². The Morgan fingerprint density at radius 3 is 2.74 bits per heavy atom. The fourth-order valence-electron chi connectivity index (χ4n) is 2.43. The van der Waals surface area contributed by atoms with Crippen LogP contribution < -0.4 is 0 Å². The van der Waals surface area contributed by atoms with E-state index in [1.807, 2.05) is 26.0 Å². The summed E-state index contributed by atoms with van der Waals surface area (Å²) in [5.41, 5.74) is 3.39. The van der Waals surface area contributed by atoms with Crippen molar-refractivity contribution in [2.45, 2.75) is 39.1 Å². The molecule has 0 aliphatic rings. The highest BCUT2D eigenvalue weighted by Gasteiger charge is 2.20. The zero-order chi connectivity index (χ0) is 14.0. The van der Waals surface area contributed by atoms with E-state index in [1.165, 1.54) is 5.56 Å². The van der Waals surface area contributed by atoms with Crippen LogP contribution >= 0.6 is 11.6 Å². The molecule has 1 aromatic carbocycles. The average molecular weight is 281 g/mol. The summed E-state index contributed by atoms with van der Waals surface area (Å²) < 4.78 is 7.77. The van der Waals surface area contributed by atoms with Gasteiger partial charge in [0.05, 0.1) is 29.1 Å².